The summed E-state index contributed by atoms with van der Waals surface area (Å²) in [4.78, 5) is 24.0. The summed E-state index contributed by atoms with van der Waals surface area (Å²) < 4.78 is 0. The topological polar surface area (TPSA) is 74.6 Å². The summed E-state index contributed by atoms with van der Waals surface area (Å²) in [6.45, 7) is 8.30. The van der Waals surface area contributed by atoms with Crippen molar-refractivity contribution >= 4 is 11.9 Å². The third kappa shape index (κ3) is 3.21. The van der Waals surface area contributed by atoms with Gasteiger partial charge in [0.25, 0.3) is 0 Å². The first-order chi connectivity index (χ1) is 13.3. The third-order valence-electron chi connectivity index (χ3n) is 6.68. The molecule has 150 valence electrons. The van der Waals surface area contributed by atoms with Gasteiger partial charge in [0.05, 0.1) is 11.1 Å². The molecular formula is C24H30O4. The summed E-state index contributed by atoms with van der Waals surface area (Å²) in [6, 6.07) is 14.3. The van der Waals surface area contributed by atoms with Gasteiger partial charge in [0, 0.05) is 10.8 Å². The first-order valence-corrected chi connectivity index (χ1v) is 10.0. The summed E-state index contributed by atoms with van der Waals surface area (Å²) in [5, 5.41) is 19.7. The van der Waals surface area contributed by atoms with Crippen molar-refractivity contribution in [1.29, 1.82) is 0 Å². The van der Waals surface area contributed by atoms with Crippen LogP contribution in [-0.2, 0) is 10.8 Å². The monoisotopic (exact) mass is 382 g/mol. The average Bonchev–Trinajstić information content (AvgIpc) is 2.72. The Morgan fingerprint density at radius 2 is 0.929 bits per heavy atom. The standard InChI is InChI=1S/C24H30O4/c1-5-23(6-2,19-15-11-9-13-17(19)21(25)26)24(7-3,8-4)20-16-12-10-14-18(20)22(27)28/h9-16H,5-8H2,1-4H3,(H,25,26)(H,27,28). The minimum atomic E-state index is -0.950. The van der Waals surface area contributed by atoms with E-state index in [1.807, 2.05) is 24.3 Å². The number of hydrogen-bond acceptors (Lipinski definition) is 2. The quantitative estimate of drug-likeness (QED) is 0.566. The number of rotatable bonds is 9. The molecule has 0 amide bonds. The molecule has 2 N–H and O–H groups in total. The van der Waals surface area contributed by atoms with Crippen LogP contribution in [0.25, 0.3) is 0 Å². The Morgan fingerprint density at radius 3 is 1.18 bits per heavy atom. The number of benzene rings is 2. The lowest BCUT2D eigenvalue weighted by Gasteiger charge is -2.52. The van der Waals surface area contributed by atoms with Crippen molar-refractivity contribution in [3.63, 3.8) is 0 Å². The largest absolute Gasteiger partial charge is 0.478 e. The van der Waals surface area contributed by atoms with Crippen LogP contribution in [0, 0.1) is 0 Å². The van der Waals surface area contributed by atoms with Crippen molar-refractivity contribution < 1.29 is 19.8 Å². The van der Waals surface area contributed by atoms with E-state index in [0.717, 1.165) is 11.1 Å². The molecule has 2 rings (SSSR count). The summed E-state index contributed by atoms with van der Waals surface area (Å²) >= 11 is 0. The molecule has 4 heteroatoms. The lowest BCUT2D eigenvalue weighted by molar-refractivity contribution is 0.0671. The van der Waals surface area contributed by atoms with Crippen molar-refractivity contribution in [2.45, 2.75) is 64.2 Å². The van der Waals surface area contributed by atoms with Crippen LogP contribution in [0.3, 0.4) is 0 Å². The Kier molecular flexibility index (Phi) is 6.65. The first-order valence-electron chi connectivity index (χ1n) is 10.0. The van der Waals surface area contributed by atoms with E-state index in [0.29, 0.717) is 36.8 Å². The predicted octanol–water partition coefficient (Wildman–Crippen LogP) is 5.90. The van der Waals surface area contributed by atoms with Gasteiger partial charge in [-0.1, -0.05) is 64.1 Å². The molecule has 0 aliphatic rings. The highest BCUT2D eigenvalue weighted by molar-refractivity contribution is 5.91. The third-order valence-corrected chi connectivity index (χ3v) is 6.68. The maximum absolute atomic E-state index is 12.0. The van der Waals surface area contributed by atoms with E-state index in [2.05, 4.69) is 27.7 Å². The highest BCUT2D eigenvalue weighted by Crippen LogP contribution is 2.54. The maximum atomic E-state index is 12.0. The van der Waals surface area contributed by atoms with Gasteiger partial charge >= 0.3 is 11.9 Å². The van der Waals surface area contributed by atoms with Crippen LogP contribution < -0.4 is 0 Å². The second kappa shape index (κ2) is 8.59. The predicted molar refractivity (Wildman–Crippen MR) is 111 cm³/mol. The van der Waals surface area contributed by atoms with Crippen molar-refractivity contribution in [2.75, 3.05) is 0 Å². The summed E-state index contributed by atoms with van der Waals surface area (Å²) in [6.07, 6.45) is 2.85. The molecule has 0 aliphatic heterocycles. The average molecular weight is 383 g/mol. The van der Waals surface area contributed by atoms with E-state index in [-0.39, 0.29) is 0 Å². The smallest absolute Gasteiger partial charge is 0.335 e. The Balaban J connectivity index is 2.96. The van der Waals surface area contributed by atoms with Crippen molar-refractivity contribution in [2.24, 2.45) is 0 Å². The number of hydrogen-bond donors (Lipinski definition) is 2. The zero-order valence-electron chi connectivity index (χ0n) is 17.2. The number of carboxylic acid groups (broad SMARTS) is 2. The highest BCUT2D eigenvalue weighted by atomic mass is 16.4. The van der Waals surface area contributed by atoms with Crippen LogP contribution in [0.5, 0.6) is 0 Å². The van der Waals surface area contributed by atoms with Crippen LogP contribution in [0.2, 0.25) is 0 Å². The minimum absolute atomic E-state index is 0.297. The van der Waals surface area contributed by atoms with Crippen LogP contribution in [0.1, 0.15) is 85.2 Å². The van der Waals surface area contributed by atoms with Crippen LogP contribution in [-0.4, -0.2) is 22.2 Å². The fraction of sp³-hybridized carbons (Fsp3) is 0.417. The molecule has 0 bridgehead atoms. The molecule has 4 nitrogen and oxygen atoms in total. The molecule has 28 heavy (non-hydrogen) atoms. The zero-order valence-corrected chi connectivity index (χ0v) is 17.2. The van der Waals surface area contributed by atoms with Crippen molar-refractivity contribution in [3.8, 4) is 0 Å². The summed E-state index contributed by atoms with van der Waals surface area (Å²) in [5.74, 6) is -1.90. The molecule has 2 aromatic carbocycles. The molecule has 0 aromatic heterocycles. The SMILES string of the molecule is CCC(CC)(c1ccccc1C(=O)O)C(CC)(CC)c1ccccc1C(=O)O. The lowest BCUT2D eigenvalue weighted by atomic mass is 9.51. The fourth-order valence-corrected chi connectivity index (χ4v) is 5.30. The molecule has 0 spiro atoms. The van der Waals surface area contributed by atoms with Crippen LogP contribution >= 0.6 is 0 Å². The molecule has 0 radical (unpaired) electrons. The second-order valence-corrected chi connectivity index (χ2v) is 7.28. The highest BCUT2D eigenvalue weighted by Gasteiger charge is 2.51. The zero-order chi connectivity index (χ0) is 20.9. The van der Waals surface area contributed by atoms with E-state index >= 15 is 0 Å². The molecule has 2 aromatic rings. The van der Waals surface area contributed by atoms with E-state index in [9.17, 15) is 19.8 Å². The van der Waals surface area contributed by atoms with Gasteiger partial charge in [-0.2, -0.15) is 0 Å². The van der Waals surface area contributed by atoms with Gasteiger partial charge in [-0.05, 0) is 48.9 Å². The van der Waals surface area contributed by atoms with E-state index in [1.54, 1.807) is 24.3 Å². The maximum Gasteiger partial charge on any atom is 0.335 e. The number of aromatic carboxylic acids is 2. The van der Waals surface area contributed by atoms with E-state index in [1.165, 1.54) is 0 Å². The van der Waals surface area contributed by atoms with Crippen LogP contribution in [0.15, 0.2) is 48.5 Å². The van der Waals surface area contributed by atoms with Gasteiger partial charge < -0.3 is 10.2 Å². The number of carbonyl (C=O) groups is 2. The van der Waals surface area contributed by atoms with Gasteiger partial charge in [0.1, 0.15) is 0 Å². The van der Waals surface area contributed by atoms with Crippen molar-refractivity contribution in [1.82, 2.24) is 0 Å². The first kappa shape index (κ1) is 21.7. The Labute approximate surface area is 167 Å². The minimum Gasteiger partial charge on any atom is -0.478 e. The molecule has 0 saturated carbocycles. The van der Waals surface area contributed by atoms with E-state index in [4.69, 9.17) is 0 Å². The fourth-order valence-electron chi connectivity index (χ4n) is 5.30. The normalized spacial score (nSPS) is 12.0. The van der Waals surface area contributed by atoms with Crippen LogP contribution in [0.4, 0.5) is 0 Å². The Bertz CT molecular complexity index is 774. The molecule has 0 fully saturated rings. The van der Waals surface area contributed by atoms with E-state index < -0.39 is 22.8 Å². The second-order valence-electron chi connectivity index (χ2n) is 7.28. The molecule has 0 atom stereocenters. The molecule has 0 heterocycles. The van der Waals surface area contributed by atoms with Gasteiger partial charge in [-0.25, -0.2) is 9.59 Å². The van der Waals surface area contributed by atoms with Gasteiger partial charge in [-0.15, -0.1) is 0 Å². The number of carboxylic acids is 2. The lowest BCUT2D eigenvalue weighted by Crippen LogP contribution is -2.49. The summed E-state index contributed by atoms with van der Waals surface area (Å²) in [7, 11) is 0. The van der Waals surface area contributed by atoms with Gasteiger partial charge in [0.2, 0.25) is 0 Å². The summed E-state index contributed by atoms with van der Waals surface area (Å²) in [5.41, 5.74) is 1.16. The Morgan fingerprint density at radius 1 is 0.643 bits per heavy atom. The van der Waals surface area contributed by atoms with Crippen molar-refractivity contribution in [3.05, 3.63) is 70.8 Å². The Hall–Kier alpha value is -2.62. The van der Waals surface area contributed by atoms with Gasteiger partial charge in [-0.3, -0.25) is 0 Å². The molecule has 0 unspecified atom stereocenters. The molecule has 0 aliphatic carbocycles. The van der Waals surface area contributed by atoms with Gasteiger partial charge in [0.15, 0.2) is 0 Å². The molecular weight excluding hydrogens is 352 g/mol. The molecule has 0 saturated heterocycles.